The van der Waals surface area contributed by atoms with Crippen molar-refractivity contribution in [3.63, 3.8) is 0 Å². The molecule has 0 radical (unpaired) electrons. The molecule has 180 valence electrons. The highest BCUT2D eigenvalue weighted by Crippen LogP contribution is 2.28. The van der Waals surface area contributed by atoms with Gasteiger partial charge in [0.2, 0.25) is 5.91 Å². The van der Waals surface area contributed by atoms with Gasteiger partial charge in [0.1, 0.15) is 23.6 Å². The maximum atomic E-state index is 13.1. The Kier molecular flexibility index (Phi) is 6.47. The van der Waals surface area contributed by atoms with Gasteiger partial charge in [0.05, 0.1) is 31.2 Å². The highest BCUT2D eigenvalue weighted by Gasteiger charge is 2.28. The molecule has 5 rings (SSSR count). The van der Waals surface area contributed by atoms with Crippen molar-refractivity contribution in [2.45, 2.75) is 19.4 Å². The van der Waals surface area contributed by atoms with Crippen LogP contribution in [0.15, 0.2) is 61.1 Å². The van der Waals surface area contributed by atoms with Crippen molar-refractivity contribution < 1.29 is 14.3 Å². The largest absolute Gasteiger partial charge is 0.497 e. The van der Waals surface area contributed by atoms with E-state index >= 15 is 0 Å². The Morgan fingerprint density at radius 2 is 1.86 bits per heavy atom. The van der Waals surface area contributed by atoms with Gasteiger partial charge in [-0.1, -0.05) is 18.2 Å². The van der Waals surface area contributed by atoms with Gasteiger partial charge in [0.25, 0.3) is 0 Å². The molecule has 4 aromatic rings. The molecule has 0 saturated carbocycles. The molecule has 1 amide bonds. The molecule has 3 heterocycles. The first kappa shape index (κ1) is 22.6. The van der Waals surface area contributed by atoms with E-state index in [2.05, 4.69) is 25.3 Å². The zero-order chi connectivity index (χ0) is 24.2. The molecule has 1 unspecified atom stereocenters. The summed E-state index contributed by atoms with van der Waals surface area (Å²) in [5.41, 5.74) is 2.52. The number of para-hydroxylation sites is 1. The number of anilines is 1. The van der Waals surface area contributed by atoms with Gasteiger partial charge in [-0.05, 0) is 42.7 Å². The number of fused-ring (bicyclic) bond motifs is 1. The molecule has 9 heteroatoms. The molecule has 2 aromatic carbocycles. The lowest BCUT2D eigenvalue weighted by Gasteiger charge is -2.33. The number of ether oxygens (including phenoxy) is 2. The van der Waals surface area contributed by atoms with Gasteiger partial charge in [0, 0.05) is 31.9 Å². The number of hydrogen-bond donors (Lipinski definition) is 1. The summed E-state index contributed by atoms with van der Waals surface area (Å²) >= 11 is 0. The van der Waals surface area contributed by atoms with Crippen LogP contribution in [0.1, 0.15) is 18.4 Å². The fourth-order valence-electron chi connectivity index (χ4n) is 4.48. The summed E-state index contributed by atoms with van der Waals surface area (Å²) in [5.74, 6) is 2.10. The van der Waals surface area contributed by atoms with Crippen LogP contribution >= 0.6 is 0 Å². The third kappa shape index (κ3) is 4.89. The molecule has 1 saturated heterocycles. The third-order valence-electron chi connectivity index (χ3n) is 6.29. The Morgan fingerprint density at radius 1 is 1.09 bits per heavy atom. The molecule has 0 aliphatic carbocycles. The van der Waals surface area contributed by atoms with Crippen LogP contribution in [0.2, 0.25) is 0 Å². The second kappa shape index (κ2) is 10.0. The molecule has 0 spiro atoms. The average Bonchev–Trinajstić information content (AvgIpc) is 3.36. The lowest BCUT2D eigenvalue weighted by molar-refractivity contribution is -0.125. The van der Waals surface area contributed by atoms with E-state index < -0.39 is 0 Å². The van der Waals surface area contributed by atoms with Crippen molar-refractivity contribution >= 4 is 22.8 Å². The van der Waals surface area contributed by atoms with E-state index in [-0.39, 0.29) is 11.8 Å². The van der Waals surface area contributed by atoms with E-state index in [0.29, 0.717) is 30.2 Å². The number of nitrogens with zero attached hydrogens (tertiary/aromatic N) is 5. The van der Waals surface area contributed by atoms with Crippen LogP contribution in [0.5, 0.6) is 11.5 Å². The minimum absolute atomic E-state index is 0.0294. The van der Waals surface area contributed by atoms with E-state index in [1.165, 1.54) is 0 Å². The predicted octanol–water partition coefficient (Wildman–Crippen LogP) is 3.37. The molecule has 1 N–H and O–H groups in total. The van der Waals surface area contributed by atoms with Crippen LogP contribution in [0, 0.1) is 5.92 Å². The number of aromatic nitrogens is 4. The Bertz CT molecular complexity index is 1300. The van der Waals surface area contributed by atoms with Gasteiger partial charge < -0.3 is 19.7 Å². The van der Waals surface area contributed by atoms with Crippen molar-refractivity contribution in [1.29, 1.82) is 0 Å². The van der Waals surface area contributed by atoms with Gasteiger partial charge in [-0.3, -0.25) is 4.79 Å². The van der Waals surface area contributed by atoms with Crippen molar-refractivity contribution in [1.82, 2.24) is 25.1 Å². The topological polar surface area (TPSA) is 94.4 Å². The minimum Gasteiger partial charge on any atom is -0.497 e. The van der Waals surface area contributed by atoms with E-state index in [4.69, 9.17) is 9.47 Å². The van der Waals surface area contributed by atoms with Crippen molar-refractivity contribution in [3.05, 3.63) is 66.6 Å². The number of methoxy groups -OCH3 is 2. The van der Waals surface area contributed by atoms with Crippen LogP contribution in [0.3, 0.4) is 0 Å². The summed E-state index contributed by atoms with van der Waals surface area (Å²) in [6.07, 6.45) is 5.24. The number of hydrogen-bond acceptors (Lipinski definition) is 7. The zero-order valence-electron chi connectivity index (χ0n) is 19.8. The first-order valence-electron chi connectivity index (χ1n) is 11.6. The number of piperidine rings is 1. The predicted molar refractivity (Wildman–Crippen MR) is 133 cm³/mol. The van der Waals surface area contributed by atoms with Gasteiger partial charge in [0.15, 0.2) is 5.65 Å². The van der Waals surface area contributed by atoms with E-state index in [9.17, 15) is 4.79 Å². The third-order valence-corrected chi connectivity index (χ3v) is 6.29. The molecule has 0 bridgehead atoms. The summed E-state index contributed by atoms with van der Waals surface area (Å²) in [6, 6.07) is 15.5. The maximum absolute atomic E-state index is 13.1. The Labute approximate surface area is 203 Å². The van der Waals surface area contributed by atoms with E-state index in [1.54, 1.807) is 20.5 Å². The van der Waals surface area contributed by atoms with Gasteiger partial charge >= 0.3 is 0 Å². The van der Waals surface area contributed by atoms with E-state index in [0.717, 1.165) is 41.8 Å². The summed E-state index contributed by atoms with van der Waals surface area (Å²) in [7, 11) is 3.23. The second-order valence-electron chi connectivity index (χ2n) is 8.57. The van der Waals surface area contributed by atoms with Gasteiger partial charge in [-0.15, -0.1) is 5.10 Å². The molecule has 1 atom stereocenters. The molecule has 1 aliphatic rings. The lowest BCUT2D eigenvalue weighted by Crippen LogP contribution is -2.43. The normalized spacial score (nSPS) is 15.7. The summed E-state index contributed by atoms with van der Waals surface area (Å²) < 4.78 is 12.5. The zero-order valence-corrected chi connectivity index (χ0v) is 19.8. The summed E-state index contributed by atoms with van der Waals surface area (Å²) in [5, 5.41) is 8.58. The van der Waals surface area contributed by atoms with Crippen molar-refractivity contribution in [2.75, 3.05) is 32.2 Å². The first-order chi connectivity index (χ1) is 17.1. The van der Waals surface area contributed by atoms with Gasteiger partial charge in [-0.25, -0.2) is 14.6 Å². The number of nitrogens with one attached hydrogen (secondary N) is 1. The Hall–Kier alpha value is -4.14. The molecule has 35 heavy (non-hydrogen) atoms. The molecule has 1 fully saturated rings. The number of carbonyl (C=O) groups excluding carboxylic acids is 1. The lowest BCUT2D eigenvalue weighted by atomic mass is 9.97. The van der Waals surface area contributed by atoms with Crippen LogP contribution < -0.4 is 19.7 Å². The highest BCUT2D eigenvalue weighted by molar-refractivity contribution is 5.87. The SMILES string of the molecule is COc1cc(CNC(=O)C2CCCN(c3ncnc4nn(-c5ccccc5)cc34)C2)cc(OC)c1. The van der Waals surface area contributed by atoms with Gasteiger partial charge in [-0.2, -0.15) is 0 Å². The monoisotopic (exact) mass is 472 g/mol. The second-order valence-corrected chi connectivity index (χ2v) is 8.57. The average molecular weight is 473 g/mol. The molecule has 2 aromatic heterocycles. The molecule has 1 aliphatic heterocycles. The molecular formula is C26H28N6O3. The quantitative estimate of drug-likeness (QED) is 0.441. The minimum atomic E-state index is -0.134. The summed E-state index contributed by atoms with van der Waals surface area (Å²) in [4.78, 5) is 24.2. The van der Waals surface area contributed by atoms with Crippen LogP contribution in [-0.2, 0) is 11.3 Å². The highest BCUT2D eigenvalue weighted by atomic mass is 16.5. The van der Waals surface area contributed by atoms with Crippen molar-refractivity contribution in [2.24, 2.45) is 5.92 Å². The smallest absolute Gasteiger partial charge is 0.225 e. The standard InChI is InChI=1S/C26H28N6O3/c1-34-21-11-18(12-22(13-21)35-2)14-27-26(33)19-7-6-10-31(15-19)25-23-16-32(20-8-4-3-5-9-20)30-24(23)28-17-29-25/h3-5,8-9,11-13,16-17,19H,6-7,10,14-15H2,1-2H3,(H,27,33). The fraction of sp³-hybridized carbons (Fsp3) is 0.308. The number of benzene rings is 2. The fourth-order valence-corrected chi connectivity index (χ4v) is 4.48. The maximum Gasteiger partial charge on any atom is 0.225 e. The van der Waals surface area contributed by atoms with Crippen LogP contribution in [0.25, 0.3) is 16.7 Å². The van der Waals surface area contributed by atoms with Crippen molar-refractivity contribution in [3.8, 4) is 17.2 Å². The molecular weight excluding hydrogens is 444 g/mol. The van der Waals surface area contributed by atoms with Crippen LogP contribution in [0.4, 0.5) is 5.82 Å². The summed E-state index contributed by atoms with van der Waals surface area (Å²) in [6.45, 7) is 1.83. The number of amides is 1. The Balaban J connectivity index is 1.30. The number of rotatable bonds is 7. The van der Waals surface area contributed by atoms with E-state index in [1.807, 2.05) is 59.4 Å². The molecule has 9 nitrogen and oxygen atoms in total. The first-order valence-corrected chi connectivity index (χ1v) is 11.6. The Morgan fingerprint density at radius 3 is 2.60 bits per heavy atom. The van der Waals surface area contributed by atoms with Crippen LogP contribution in [-0.4, -0.2) is 53.0 Å². The number of carbonyl (C=O) groups is 1.